The predicted octanol–water partition coefficient (Wildman–Crippen LogP) is 3.74. The number of nitrogens with one attached hydrogen (secondary N) is 1. The van der Waals surface area contributed by atoms with Crippen LogP contribution in [0.25, 0.3) is 5.82 Å². The maximum Gasteiger partial charge on any atom is 0.417 e. The molecule has 0 bridgehead atoms. The van der Waals surface area contributed by atoms with Gasteiger partial charge in [-0.1, -0.05) is 6.92 Å². The Bertz CT molecular complexity index is 1100. The molecule has 4 rings (SSSR count). The van der Waals surface area contributed by atoms with Crippen molar-refractivity contribution in [3.63, 3.8) is 0 Å². The molecule has 0 aromatic carbocycles. The average molecular weight is 459 g/mol. The highest BCUT2D eigenvalue weighted by Crippen LogP contribution is 2.30. The fourth-order valence-corrected chi connectivity index (χ4v) is 4.05. The number of nitrogens with zero attached hydrogens (tertiary/aromatic N) is 6. The zero-order valence-corrected chi connectivity index (χ0v) is 18.3. The first kappa shape index (κ1) is 22.7. The maximum atomic E-state index is 13.6. The van der Waals surface area contributed by atoms with Crippen LogP contribution in [0.4, 0.5) is 19.0 Å². The molecule has 11 heteroatoms. The van der Waals surface area contributed by atoms with Crippen LogP contribution >= 0.6 is 0 Å². The molecule has 0 saturated carbocycles. The molecule has 1 amide bonds. The van der Waals surface area contributed by atoms with Gasteiger partial charge in [-0.05, 0) is 49.4 Å². The van der Waals surface area contributed by atoms with Crippen LogP contribution in [0.5, 0.6) is 0 Å². The Kier molecular flexibility index (Phi) is 6.30. The van der Waals surface area contributed by atoms with Gasteiger partial charge in [-0.2, -0.15) is 23.4 Å². The lowest BCUT2D eigenvalue weighted by Crippen LogP contribution is -2.51. The number of carbonyl (C=O) groups excluding carboxylic acids is 1. The number of aryl methyl sites for hydroxylation is 1. The molecular weight excluding hydrogens is 435 g/mol. The minimum absolute atomic E-state index is 0.172. The van der Waals surface area contributed by atoms with Gasteiger partial charge in [0.2, 0.25) is 0 Å². The number of hydrogen-bond acceptors (Lipinski definition) is 6. The summed E-state index contributed by atoms with van der Waals surface area (Å²) in [5, 5.41) is 11.3. The standard InChI is InChI=1S/C22H24F3N7O/c1-14-10-17(20(28-11-14)32-29-7-8-30-32)21(33)31-9-3-4-15(2)18(31)13-27-19-6-5-16(12-26-19)22(23,24)25/h5-8,10-12,15,18H,3-4,9,13H2,1-2H3,(H,26,27). The second kappa shape index (κ2) is 9.16. The second-order valence-electron chi connectivity index (χ2n) is 8.20. The number of halogens is 3. The minimum atomic E-state index is -4.43. The summed E-state index contributed by atoms with van der Waals surface area (Å²) in [6.07, 6.45) is 2.86. The first-order valence-electron chi connectivity index (χ1n) is 10.7. The molecule has 1 aliphatic rings. The van der Waals surface area contributed by atoms with E-state index in [0.717, 1.165) is 30.7 Å². The molecule has 3 aromatic rings. The van der Waals surface area contributed by atoms with E-state index in [-0.39, 0.29) is 17.9 Å². The molecule has 1 saturated heterocycles. The second-order valence-corrected chi connectivity index (χ2v) is 8.20. The highest BCUT2D eigenvalue weighted by Gasteiger charge is 2.34. The number of anilines is 1. The van der Waals surface area contributed by atoms with Crippen molar-refractivity contribution < 1.29 is 18.0 Å². The van der Waals surface area contributed by atoms with Crippen LogP contribution in [0, 0.1) is 12.8 Å². The van der Waals surface area contributed by atoms with E-state index in [1.807, 2.05) is 6.92 Å². The highest BCUT2D eigenvalue weighted by molar-refractivity contribution is 5.97. The average Bonchev–Trinajstić information content (AvgIpc) is 3.32. The number of likely N-dealkylation sites (tertiary alicyclic amines) is 1. The predicted molar refractivity (Wildman–Crippen MR) is 115 cm³/mol. The zero-order chi connectivity index (χ0) is 23.6. The number of pyridine rings is 2. The lowest BCUT2D eigenvalue weighted by molar-refractivity contribution is -0.137. The number of rotatable bonds is 5. The van der Waals surface area contributed by atoms with Gasteiger partial charge in [-0.15, -0.1) is 4.80 Å². The van der Waals surface area contributed by atoms with Crippen LogP contribution in [-0.4, -0.2) is 54.9 Å². The summed E-state index contributed by atoms with van der Waals surface area (Å²) in [6.45, 7) is 4.85. The Labute approximate surface area is 188 Å². The molecule has 174 valence electrons. The van der Waals surface area contributed by atoms with Crippen molar-refractivity contribution in [3.8, 4) is 5.82 Å². The maximum absolute atomic E-state index is 13.6. The first-order valence-corrected chi connectivity index (χ1v) is 10.7. The van der Waals surface area contributed by atoms with Crippen LogP contribution in [0.3, 0.4) is 0 Å². The molecular formula is C22H24F3N7O. The zero-order valence-electron chi connectivity index (χ0n) is 18.3. The fourth-order valence-electron chi connectivity index (χ4n) is 4.05. The third kappa shape index (κ3) is 4.96. The number of piperidine rings is 1. The summed E-state index contributed by atoms with van der Waals surface area (Å²) in [5.41, 5.74) is 0.434. The fraction of sp³-hybridized carbons (Fsp3) is 0.409. The molecule has 3 aromatic heterocycles. The van der Waals surface area contributed by atoms with Crippen LogP contribution < -0.4 is 5.32 Å². The van der Waals surface area contributed by atoms with Crippen molar-refractivity contribution in [2.75, 3.05) is 18.4 Å². The molecule has 4 heterocycles. The van der Waals surface area contributed by atoms with E-state index in [1.165, 1.54) is 23.3 Å². The molecule has 2 atom stereocenters. The molecule has 0 spiro atoms. The van der Waals surface area contributed by atoms with Gasteiger partial charge < -0.3 is 10.2 Å². The number of hydrogen-bond donors (Lipinski definition) is 1. The van der Waals surface area contributed by atoms with Gasteiger partial charge in [-0.3, -0.25) is 4.79 Å². The Morgan fingerprint density at radius 2 is 1.94 bits per heavy atom. The van der Waals surface area contributed by atoms with E-state index in [1.54, 1.807) is 17.2 Å². The smallest absolute Gasteiger partial charge is 0.368 e. The normalized spacial score (nSPS) is 18.9. The topological polar surface area (TPSA) is 88.8 Å². The van der Waals surface area contributed by atoms with Crippen LogP contribution in [0.1, 0.15) is 41.3 Å². The monoisotopic (exact) mass is 459 g/mol. The number of carbonyl (C=O) groups is 1. The summed E-state index contributed by atoms with van der Waals surface area (Å²) in [5.74, 6) is 0.683. The van der Waals surface area contributed by atoms with E-state index in [0.29, 0.717) is 30.3 Å². The third-order valence-electron chi connectivity index (χ3n) is 5.80. The largest absolute Gasteiger partial charge is 0.417 e. The molecule has 1 N–H and O–H groups in total. The van der Waals surface area contributed by atoms with Crippen LogP contribution in [0.15, 0.2) is 43.0 Å². The Hall–Kier alpha value is -3.50. The number of amides is 1. The van der Waals surface area contributed by atoms with Crippen molar-refractivity contribution >= 4 is 11.7 Å². The lowest BCUT2D eigenvalue weighted by atomic mass is 9.90. The molecule has 1 fully saturated rings. The van der Waals surface area contributed by atoms with Crippen molar-refractivity contribution in [1.29, 1.82) is 0 Å². The minimum Gasteiger partial charge on any atom is -0.368 e. The molecule has 0 aliphatic carbocycles. The Balaban J connectivity index is 1.55. The third-order valence-corrected chi connectivity index (χ3v) is 5.80. The first-order chi connectivity index (χ1) is 15.7. The van der Waals surface area contributed by atoms with Crippen molar-refractivity contribution in [1.82, 2.24) is 29.9 Å². The van der Waals surface area contributed by atoms with Gasteiger partial charge in [0.25, 0.3) is 5.91 Å². The summed E-state index contributed by atoms with van der Waals surface area (Å²) < 4.78 is 38.4. The molecule has 0 radical (unpaired) electrons. The summed E-state index contributed by atoms with van der Waals surface area (Å²) in [4.78, 5) is 25.0. The van der Waals surface area contributed by atoms with Gasteiger partial charge in [0.1, 0.15) is 5.82 Å². The van der Waals surface area contributed by atoms with E-state index in [4.69, 9.17) is 0 Å². The quantitative estimate of drug-likeness (QED) is 0.625. The van der Waals surface area contributed by atoms with E-state index >= 15 is 0 Å². The molecule has 2 unspecified atom stereocenters. The van der Waals surface area contributed by atoms with Gasteiger partial charge in [0.05, 0.1) is 29.6 Å². The molecule has 8 nitrogen and oxygen atoms in total. The number of alkyl halides is 3. The molecule has 33 heavy (non-hydrogen) atoms. The highest BCUT2D eigenvalue weighted by atomic mass is 19.4. The van der Waals surface area contributed by atoms with Crippen molar-refractivity contribution in [2.45, 2.75) is 38.9 Å². The van der Waals surface area contributed by atoms with Gasteiger partial charge >= 0.3 is 6.18 Å². The summed E-state index contributed by atoms with van der Waals surface area (Å²) in [6, 6.07) is 3.89. The van der Waals surface area contributed by atoms with Crippen molar-refractivity contribution in [3.05, 3.63) is 59.7 Å². The van der Waals surface area contributed by atoms with E-state index in [2.05, 4.69) is 32.4 Å². The summed E-state index contributed by atoms with van der Waals surface area (Å²) in [7, 11) is 0. The van der Waals surface area contributed by atoms with Crippen LogP contribution in [-0.2, 0) is 6.18 Å². The van der Waals surface area contributed by atoms with Crippen molar-refractivity contribution in [2.24, 2.45) is 5.92 Å². The van der Waals surface area contributed by atoms with Gasteiger partial charge in [0.15, 0.2) is 5.82 Å². The Morgan fingerprint density at radius 1 is 1.18 bits per heavy atom. The molecule has 1 aliphatic heterocycles. The van der Waals surface area contributed by atoms with Gasteiger partial charge in [-0.25, -0.2) is 9.97 Å². The lowest BCUT2D eigenvalue weighted by Gasteiger charge is -2.40. The Morgan fingerprint density at radius 3 is 2.61 bits per heavy atom. The van der Waals surface area contributed by atoms with Gasteiger partial charge in [0, 0.05) is 25.5 Å². The summed E-state index contributed by atoms with van der Waals surface area (Å²) >= 11 is 0. The van der Waals surface area contributed by atoms with E-state index < -0.39 is 11.7 Å². The van der Waals surface area contributed by atoms with E-state index in [9.17, 15) is 18.0 Å². The number of aromatic nitrogens is 5. The SMILES string of the molecule is Cc1cnc(-n2nccn2)c(C(=O)N2CCCC(C)C2CNc2ccc(C(F)(F)F)cn2)c1. The van der Waals surface area contributed by atoms with Crippen LogP contribution in [0.2, 0.25) is 0 Å².